The Morgan fingerprint density at radius 3 is 2.52 bits per heavy atom. The predicted molar refractivity (Wildman–Crippen MR) is 87.9 cm³/mol. The molecule has 122 valence electrons. The maximum atomic E-state index is 11.9. The van der Waals surface area contributed by atoms with Crippen molar-refractivity contribution in [2.75, 3.05) is 11.9 Å². The minimum absolute atomic E-state index is 0.0645. The quantitative estimate of drug-likeness (QED) is 0.873. The lowest BCUT2D eigenvalue weighted by atomic mass is 10.1. The standard InChI is InChI=1S/C16H18N2O4S/c1-11-6-7-14(8-12(11)2)22-10-16(19)18-13-4-3-5-15(9-13)23(17,20)21/h3-9H,10H2,1-2H3,(H,18,19)(H2,17,20,21). The van der Waals surface area contributed by atoms with Crippen molar-refractivity contribution in [2.45, 2.75) is 18.7 Å². The summed E-state index contributed by atoms with van der Waals surface area (Å²) in [5, 5.41) is 7.62. The number of ether oxygens (including phenoxy) is 1. The molecule has 2 aromatic rings. The van der Waals surface area contributed by atoms with Crippen molar-refractivity contribution < 1.29 is 17.9 Å². The number of carbonyl (C=O) groups is 1. The molecule has 0 aromatic heterocycles. The normalized spacial score (nSPS) is 11.1. The molecule has 0 fully saturated rings. The molecule has 3 N–H and O–H groups in total. The van der Waals surface area contributed by atoms with Gasteiger partial charge >= 0.3 is 0 Å². The molecule has 0 unspecified atom stereocenters. The highest BCUT2D eigenvalue weighted by atomic mass is 32.2. The van der Waals surface area contributed by atoms with Gasteiger partial charge in [0, 0.05) is 5.69 Å². The highest BCUT2D eigenvalue weighted by molar-refractivity contribution is 7.89. The average molecular weight is 334 g/mol. The molecule has 0 atom stereocenters. The van der Waals surface area contributed by atoms with Gasteiger partial charge in [0.2, 0.25) is 10.0 Å². The molecule has 6 nitrogen and oxygen atoms in total. The molecule has 0 heterocycles. The summed E-state index contributed by atoms with van der Waals surface area (Å²) in [5.74, 6) is 0.205. The summed E-state index contributed by atoms with van der Waals surface area (Å²) in [7, 11) is -3.81. The first-order chi connectivity index (χ1) is 10.8. The van der Waals surface area contributed by atoms with Crippen molar-refractivity contribution in [1.82, 2.24) is 0 Å². The van der Waals surface area contributed by atoms with E-state index in [0.717, 1.165) is 11.1 Å². The van der Waals surface area contributed by atoms with Gasteiger partial charge in [-0.15, -0.1) is 0 Å². The van der Waals surface area contributed by atoms with Gasteiger partial charge in [-0.05, 0) is 55.3 Å². The second-order valence-electron chi connectivity index (χ2n) is 5.16. The smallest absolute Gasteiger partial charge is 0.262 e. The van der Waals surface area contributed by atoms with E-state index in [1.807, 2.05) is 26.0 Å². The van der Waals surface area contributed by atoms with Crippen LogP contribution in [0, 0.1) is 13.8 Å². The number of primary sulfonamides is 1. The lowest BCUT2D eigenvalue weighted by molar-refractivity contribution is -0.118. The first-order valence-electron chi connectivity index (χ1n) is 6.88. The summed E-state index contributed by atoms with van der Waals surface area (Å²) in [6, 6.07) is 11.3. The van der Waals surface area contributed by atoms with Gasteiger partial charge in [-0.2, -0.15) is 0 Å². The molecule has 23 heavy (non-hydrogen) atoms. The average Bonchev–Trinajstić information content (AvgIpc) is 2.48. The minimum Gasteiger partial charge on any atom is -0.484 e. The SMILES string of the molecule is Cc1ccc(OCC(=O)Nc2cccc(S(N)(=O)=O)c2)cc1C. The Bertz CT molecular complexity index is 832. The lowest BCUT2D eigenvalue weighted by Crippen LogP contribution is -2.20. The minimum atomic E-state index is -3.81. The second-order valence-corrected chi connectivity index (χ2v) is 6.72. The zero-order valence-corrected chi connectivity index (χ0v) is 13.7. The van der Waals surface area contributed by atoms with E-state index in [4.69, 9.17) is 9.88 Å². The van der Waals surface area contributed by atoms with Crippen molar-refractivity contribution >= 4 is 21.6 Å². The van der Waals surface area contributed by atoms with E-state index in [2.05, 4.69) is 5.32 Å². The number of rotatable bonds is 5. The number of amides is 1. The molecule has 0 aliphatic heterocycles. The van der Waals surface area contributed by atoms with E-state index in [1.165, 1.54) is 18.2 Å². The monoisotopic (exact) mass is 334 g/mol. The summed E-state index contributed by atoms with van der Waals surface area (Å²) in [5.41, 5.74) is 2.55. The Hall–Kier alpha value is -2.38. The molecule has 0 saturated heterocycles. The third kappa shape index (κ3) is 4.80. The molecule has 0 aliphatic carbocycles. The van der Waals surface area contributed by atoms with Crippen molar-refractivity contribution in [3.05, 3.63) is 53.6 Å². The molecule has 0 spiro atoms. The fourth-order valence-electron chi connectivity index (χ4n) is 1.90. The van der Waals surface area contributed by atoms with E-state index < -0.39 is 15.9 Å². The molecule has 2 rings (SSSR count). The Kier molecular flexibility index (Phi) is 5.02. The number of nitrogens with two attached hydrogens (primary N) is 1. The van der Waals surface area contributed by atoms with Crippen molar-refractivity contribution in [1.29, 1.82) is 0 Å². The molecule has 2 aromatic carbocycles. The van der Waals surface area contributed by atoms with Gasteiger partial charge in [0.05, 0.1) is 4.90 Å². The number of anilines is 1. The maximum absolute atomic E-state index is 11.9. The third-order valence-corrected chi connectivity index (χ3v) is 4.21. The van der Waals surface area contributed by atoms with Crippen molar-refractivity contribution in [2.24, 2.45) is 5.14 Å². The van der Waals surface area contributed by atoms with Crippen LogP contribution in [0.15, 0.2) is 47.4 Å². The van der Waals surface area contributed by atoms with Crippen LogP contribution in [0.2, 0.25) is 0 Å². The summed E-state index contributed by atoms with van der Waals surface area (Å²) in [6.45, 7) is 3.77. The Morgan fingerprint density at radius 1 is 1.13 bits per heavy atom. The van der Waals surface area contributed by atoms with Gasteiger partial charge in [0.1, 0.15) is 5.75 Å². The van der Waals surface area contributed by atoms with Crippen LogP contribution in [0.3, 0.4) is 0 Å². The number of hydrogen-bond donors (Lipinski definition) is 2. The Morgan fingerprint density at radius 2 is 1.87 bits per heavy atom. The van der Waals surface area contributed by atoms with E-state index in [1.54, 1.807) is 12.1 Å². The van der Waals surface area contributed by atoms with Gasteiger partial charge in [0.15, 0.2) is 6.61 Å². The van der Waals surface area contributed by atoms with Gasteiger partial charge < -0.3 is 10.1 Å². The van der Waals surface area contributed by atoms with Gasteiger partial charge in [-0.1, -0.05) is 12.1 Å². The van der Waals surface area contributed by atoms with Crippen molar-refractivity contribution in [3.8, 4) is 5.75 Å². The Balaban J connectivity index is 1.98. The first-order valence-corrected chi connectivity index (χ1v) is 8.43. The number of benzene rings is 2. The Labute approximate surface area is 135 Å². The van der Waals surface area contributed by atoms with E-state index in [-0.39, 0.29) is 11.5 Å². The van der Waals surface area contributed by atoms with Gasteiger partial charge in [0.25, 0.3) is 5.91 Å². The fraction of sp³-hybridized carbons (Fsp3) is 0.188. The molecule has 0 bridgehead atoms. The summed E-state index contributed by atoms with van der Waals surface area (Å²) >= 11 is 0. The third-order valence-electron chi connectivity index (χ3n) is 3.29. The molecular formula is C16H18N2O4S. The van der Waals surface area contributed by atoms with E-state index in [9.17, 15) is 13.2 Å². The lowest BCUT2D eigenvalue weighted by Gasteiger charge is -2.09. The second kappa shape index (κ2) is 6.80. The highest BCUT2D eigenvalue weighted by Crippen LogP contribution is 2.17. The molecule has 7 heteroatoms. The zero-order chi connectivity index (χ0) is 17.0. The van der Waals surface area contributed by atoms with E-state index in [0.29, 0.717) is 11.4 Å². The van der Waals surface area contributed by atoms with Crippen LogP contribution in [-0.2, 0) is 14.8 Å². The number of carbonyl (C=O) groups excluding carboxylic acids is 1. The number of aryl methyl sites for hydroxylation is 2. The van der Waals surface area contributed by atoms with Crippen LogP contribution < -0.4 is 15.2 Å². The van der Waals surface area contributed by atoms with Crippen molar-refractivity contribution in [3.63, 3.8) is 0 Å². The highest BCUT2D eigenvalue weighted by Gasteiger charge is 2.10. The van der Waals surface area contributed by atoms with E-state index >= 15 is 0 Å². The van der Waals surface area contributed by atoms with Crippen LogP contribution in [0.25, 0.3) is 0 Å². The first kappa shape index (κ1) is 17.0. The van der Waals surface area contributed by atoms with Crippen LogP contribution >= 0.6 is 0 Å². The molecule has 0 saturated carbocycles. The number of nitrogens with one attached hydrogen (secondary N) is 1. The number of hydrogen-bond acceptors (Lipinski definition) is 4. The molecule has 1 amide bonds. The molecular weight excluding hydrogens is 316 g/mol. The summed E-state index contributed by atoms with van der Waals surface area (Å²) in [4.78, 5) is 11.8. The summed E-state index contributed by atoms with van der Waals surface area (Å²) in [6.07, 6.45) is 0. The summed E-state index contributed by atoms with van der Waals surface area (Å²) < 4.78 is 28.0. The maximum Gasteiger partial charge on any atom is 0.262 e. The van der Waals surface area contributed by atoms with Crippen LogP contribution in [0.1, 0.15) is 11.1 Å². The topological polar surface area (TPSA) is 98.5 Å². The van der Waals surface area contributed by atoms with Gasteiger partial charge in [-0.25, -0.2) is 13.6 Å². The zero-order valence-electron chi connectivity index (χ0n) is 12.9. The predicted octanol–water partition coefficient (Wildman–Crippen LogP) is 1.97. The van der Waals surface area contributed by atoms with Crippen LogP contribution in [-0.4, -0.2) is 20.9 Å². The fourth-order valence-corrected chi connectivity index (χ4v) is 2.46. The van der Waals surface area contributed by atoms with Crippen LogP contribution in [0.5, 0.6) is 5.75 Å². The molecule has 0 aliphatic rings. The molecule has 0 radical (unpaired) electrons. The number of sulfonamides is 1. The van der Waals surface area contributed by atoms with Crippen LogP contribution in [0.4, 0.5) is 5.69 Å². The van der Waals surface area contributed by atoms with Gasteiger partial charge in [-0.3, -0.25) is 4.79 Å². The largest absolute Gasteiger partial charge is 0.484 e.